The number of amides is 1. The molecule has 1 aromatic rings. The van der Waals surface area contributed by atoms with E-state index in [9.17, 15) is 4.79 Å². The van der Waals surface area contributed by atoms with Crippen molar-refractivity contribution in [3.8, 4) is 0 Å². The number of rotatable bonds is 7. The van der Waals surface area contributed by atoms with Crippen LogP contribution in [0.2, 0.25) is 0 Å². The topological polar surface area (TPSA) is 55.1 Å². The smallest absolute Gasteiger partial charge is 0.239 e. The van der Waals surface area contributed by atoms with Crippen molar-refractivity contribution in [3.05, 3.63) is 28.7 Å². The minimum atomic E-state index is -0.291. The van der Waals surface area contributed by atoms with Crippen LogP contribution < -0.4 is 11.1 Å². The molecular weight excluding hydrogens is 280 g/mol. The van der Waals surface area contributed by atoms with Crippen molar-refractivity contribution >= 4 is 27.5 Å². The van der Waals surface area contributed by atoms with Crippen molar-refractivity contribution in [3.63, 3.8) is 0 Å². The molecule has 3 nitrogen and oxygen atoms in total. The number of nitrogens with one attached hydrogen (secondary N) is 1. The standard InChI is InChI=1S/C13H19BrN2O/c1-2-3-4-8-12(13(15)17)16-11-7-5-6-10(14)9-11/h5-7,9,12,16H,2-4,8H2,1H3,(H2,15,17). The summed E-state index contributed by atoms with van der Waals surface area (Å²) in [4.78, 5) is 11.3. The van der Waals surface area contributed by atoms with Gasteiger partial charge in [0.15, 0.2) is 0 Å². The lowest BCUT2D eigenvalue weighted by molar-refractivity contribution is -0.118. The zero-order valence-corrected chi connectivity index (χ0v) is 11.7. The summed E-state index contributed by atoms with van der Waals surface area (Å²) in [5.74, 6) is -0.291. The van der Waals surface area contributed by atoms with Gasteiger partial charge < -0.3 is 11.1 Å². The third-order valence-electron chi connectivity index (χ3n) is 2.61. The molecule has 1 unspecified atom stereocenters. The number of unbranched alkanes of at least 4 members (excludes halogenated alkanes) is 2. The van der Waals surface area contributed by atoms with Crippen molar-refractivity contribution in [1.82, 2.24) is 0 Å². The third kappa shape index (κ3) is 5.22. The number of hydrogen-bond donors (Lipinski definition) is 2. The van der Waals surface area contributed by atoms with Crippen molar-refractivity contribution in [2.45, 2.75) is 38.6 Å². The highest BCUT2D eigenvalue weighted by Crippen LogP contribution is 2.17. The number of nitrogens with two attached hydrogens (primary N) is 1. The van der Waals surface area contributed by atoms with Crippen LogP contribution in [-0.2, 0) is 4.79 Å². The second kappa shape index (κ2) is 7.33. The summed E-state index contributed by atoms with van der Waals surface area (Å²) >= 11 is 3.40. The highest BCUT2D eigenvalue weighted by atomic mass is 79.9. The van der Waals surface area contributed by atoms with Crippen LogP contribution in [0.1, 0.15) is 32.6 Å². The summed E-state index contributed by atoms with van der Waals surface area (Å²) in [7, 11) is 0. The zero-order valence-electron chi connectivity index (χ0n) is 10.1. The van der Waals surface area contributed by atoms with Crippen molar-refractivity contribution in [2.75, 3.05) is 5.32 Å². The van der Waals surface area contributed by atoms with Gasteiger partial charge in [0, 0.05) is 10.2 Å². The van der Waals surface area contributed by atoms with E-state index >= 15 is 0 Å². The van der Waals surface area contributed by atoms with E-state index in [4.69, 9.17) is 5.73 Å². The van der Waals surface area contributed by atoms with Gasteiger partial charge in [-0.05, 0) is 24.6 Å². The predicted octanol–water partition coefficient (Wildman–Crippen LogP) is 3.30. The Kier molecular flexibility index (Phi) is 6.05. The molecule has 0 aromatic heterocycles. The van der Waals surface area contributed by atoms with Crippen LogP contribution in [-0.4, -0.2) is 11.9 Å². The van der Waals surface area contributed by atoms with E-state index < -0.39 is 0 Å². The number of primary amides is 1. The first-order chi connectivity index (χ1) is 8.13. The molecule has 0 aliphatic carbocycles. The Morgan fingerprint density at radius 1 is 1.47 bits per heavy atom. The zero-order chi connectivity index (χ0) is 12.7. The quantitative estimate of drug-likeness (QED) is 0.759. The van der Waals surface area contributed by atoms with Crippen LogP contribution in [0.5, 0.6) is 0 Å². The molecule has 0 aliphatic rings. The Morgan fingerprint density at radius 2 is 2.24 bits per heavy atom. The lowest BCUT2D eigenvalue weighted by Gasteiger charge is -2.16. The van der Waals surface area contributed by atoms with Crippen LogP contribution in [0.15, 0.2) is 28.7 Å². The molecule has 17 heavy (non-hydrogen) atoms. The average Bonchev–Trinajstić information content (AvgIpc) is 2.28. The molecule has 0 heterocycles. The fourth-order valence-electron chi connectivity index (χ4n) is 1.66. The molecular formula is C13H19BrN2O. The Bertz CT molecular complexity index is 368. The fraction of sp³-hybridized carbons (Fsp3) is 0.462. The van der Waals surface area contributed by atoms with Gasteiger partial charge in [-0.3, -0.25) is 4.79 Å². The molecule has 1 atom stereocenters. The van der Waals surface area contributed by atoms with Gasteiger partial charge >= 0.3 is 0 Å². The Hall–Kier alpha value is -1.03. The molecule has 0 saturated carbocycles. The third-order valence-corrected chi connectivity index (χ3v) is 3.10. The first-order valence-corrected chi connectivity index (χ1v) is 6.74. The molecule has 0 radical (unpaired) electrons. The fourth-order valence-corrected chi connectivity index (χ4v) is 2.06. The van der Waals surface area contributed by atoms with Gasteiger partial charge in [0.1, 0.15) is 6.04 Å². The predicted molar refractivity (Wildman–Crippen MR) is 74.9 cm³/mol. The summed E-state index contributed by atoms with van der Waals surface area (Å²) in [5, 5.41) is 3.17. The molecule has 0 bridgehead atoms. The molecule has 0 spiro atoms. The lowest BCUT2D eigenvalue weighted by atomic mass is 10.1. The first kappa shape index (κ1) is 14.0. The largest absolute Gasteiger partial charge is 0.374 e. The molecule has 1 aromatic carbocycles. The van der Waals surface area contributed by atoms with E-state index in [1.54, 1.807) is 0 Å². The minimum absolute atomic E-state index is 0.282. The van der Waals surface area contributed by atoms with E-state index in [1.807, 2.05) is 24.3 Å². The molecule has 0 saturated heterocycles. The maximum atomic E-state index is 11.3. The first-order valence-electron chi connectivity index (χ1n) is 5.95. The molecule has 1 rings (SSSR count). The second-order valence-corrected chi connectivity index (χ2v) is 5.02. The van der Waals surface area contributed by atoms with Crippen LogP contribution in [0.4, 0.5) is 5.69 Å². The molecule has 4 heteroatoms. The number of carbonyl (C=O) groups is 1. The normalized spacial score (nSPS) is 12.1. The summed E-state index contributed by atoms with van der Waals surface area (Å²) in [6.45, 7) is 2.14. The highest BCUT2D eigenvalue weighted by molar-refractivity contribution is 9.10. The van der Waals surface area contributed by atoms with E-state index in [0.29, 0.717) is 0 Å². The number of halogens is 1. The maximum Gasteiger partial charge on any atom is 0.239 e. The van der Waals surface area contributed by atoms with Gasteiger partial charge in [-0.25, -0.2) is 0 Å². The van der Waals surface area contributed by atoms with E-state index in [1.165, 1.54) is 0 Å². The van der Waals surface area contributed by atoms with Crippen LogP contribution in [0, 0.1) is 0 Å². The monoisotopic (exact) mass is 298 g/mol. The van der Waals surface area contributed by atoms with Crippen molar-refractivity contribution < 1.29 is 4.79 Å². The van der Waals surface area contributed by atoms with E-state index in [-0.39, 0.29) is 11.9 Å². The Morgan fingerprint density at radius 3 is 2.82 bits per heavy atom. The van der Waals surface area contributed by atoms with E-state index in [0.717, 1.165) is 35.8 Å². The van der Waals surface area contributed by atoms with Crippen molar-refractivity contribution in [2.24, 2.45) is 5.73 Å². The van der Waals surface area contributed by atoms with Crippen LogP contribution in [0.3, 0.4) is 0 Å². The molecule has 1 amide bonds. The molecule has 94 valence electrons. The summed E-state index contributed by atoms with van der Waals surface area (Å²) in [6, 6.07) is 7.46. The van der Waals surface area contributed by atoms with Gasteiger partial charge in [0.05, 0.1) is 0 Å². The van der Waals surface area contributed by atoms with Crippen LogP contribution >= 0.6 is 15.9 Å². The van der Waals surface area contributed by atoms with Crippen molar-refractivity contribution in [1.29, 1.82) is 0 Å². The van der Waals surface area contributed by atoms with Gasteiger partial charge in [0.2, 0.25) is 5.91 Å². The number of benzene rings is 1. The maximum absolute atomic E-state index is 11.3. The summed E-state index contributed by atoms with van der Waals surface area (Å²) in [6.07, 6.45) is 4.08. The second-order valence-electron chi connectivity index (χ2n) is 4.11. The van der Waals surface area contributed by atoms with Gasteiger partial charge in [0.25, 0.3) is 0 Å². The summed E-state index contributed by atoms with van der Waals surface area (Å²) in [5.41, 5.74) is 6.31. The number of hydrogen-bond acceptors (Lipinski definition) is 2. The lowest BCUT2D eigenvalue weighted by Crippen LogP contribution is -2.35. The number of carbonyl (C=O) groups excluding carboxylic acids is 1. The molecule has 0 aliphatic heterocycles. The van der Waals surface area contributed by atoms with Gasteiger partial charge in [-0.15, -0.1) is 0 Å². The molecule has 3 N–H and O–H groups in total. The van der Waals surface area contributed by atoms with Crippen LogP contribution in [0.25, 0.3) is 0 Å². The SMILES string of the molecule is CCCCCC(Nc1cccc(Br)c1)C(N)=O. The molecule has 0 fully saturated rings. The minimum Gasteiger partial charge on any atom is -0.374 e. The van der Waals surface area contributed by atoms with Gasteiger partial charge in [-0.1, -0.05) is 48.2 Å². The van der Waals surface area contributed by atoms with E-state index in [2.05, 4.69) is 28.2 Å². The average molecular weight is 299 g/mol. The highest BCUT2D eigenvalue weighted by Gasteiger charge is 2.14. The number of anilines is 1. The van der Waals surface area contributed by atoms with Gasteiger partial charge in [-0.2, -0.15) is 0 Å². The summed E-state index contributed by atoms with van der Waals surface area (Å²) < 4.78 is 0.985. The Balaban J connectivity index is 2.57. The Labute approximate surface area is 111 Å².